The van der Waals surface area contributed by atoms with E-state index in [1.54, 1.807) is 18.6 Å². The fraction of sp³-hybridized carbons (Fsp3) is 0.188. The summed E-state index contributed by atoms with van der Waals surface area (Å²) in [4.78, 5) is 20.1. The van der Waals surface area contributed by atoms with Crippen LogP contribution in [0.4, 0.5) is 0 Å². The van der Waals surface area contributed by atoms with Crippen molar-refractivity contribution in [3.8, 4) is 0 Å². The lowest BCUT2D eigenvalue weighted by Crippen LogP contribution is -2.07. The Bertz CT molecular complexity index is 678. The SMILES string of the molecule is COC(=O)c1ccc2c(c1)C(c1cnccn1)=CCC2. The molecule has 0 N–H and O–H groups in total. The Labute approximate surface area is 117 Å². The van der Waals surface area contributed by atoms with Crippen LogP contribution < -0.4 is 0 Å². The minimum atomic E-state index is -0.322. The number of esters is 1. The molecule has 20 heavy (non-hydrogen) atoms. The summed E-state index contributed by atoms with van der Waals surface area (Å²) in [7, 11) is 1.39. The van der Waals surface area contributed by atoms with E-state index in [-0.39, 0.29) is 5.97 Å². The highest BCUT2D eigenvalue weighted by molar-refractivity contribution is 5.92. The number of hydrogen-bond acceptors (Lipinski definition) is 4. The summed E-state index contributed by atoms with van der Waals surface area (Å²) in [6, 6.07) is 5.68. The van der Waals surface area contributed by atoms with E-state index in [4.69, 9.17) is 4.74 Å². The largest absolute Gasteiger partial charge is 0.465 e. The van der Waals surface area contributed by atoms with Gasteiger partial charge >= 0.3 is 5.97 Å². The third kappa shape index (κ3) is 2.20. The first-order valence-corrected chi connectivity index (χ1v) is 6.48. The third-order valence-corrected chi connectivity index (χ3v) is 3.42. The highest BCUT2D eigenvalue weighted by Gasteiger charge is 2.17. The molecule has 3 rings (SSSR count). The van der Waals surface area contributed by atoms with E-state index >= 15 is 0 Å². The highest BCUT2D eigenvalue weighted by Crippen LogP contribution is 2.31. The minimum Gasteiger partial charge on any atom is -0.465 e. The van der Waals surface area contributed by atoms with Crippen molar-refractivity contribution in [1.82, 2.24) is 9.97 Å². The van der Waals surface area contributed by atoms with Gasteiger partial charge in [-0.2, -0.15) is 0 Å². The summed E-state index contributed by atoms with van der Waals surface area (Å²) < 4.78 is 4.78. The number of benzene rings is 1. The minimum absolute atomic E-state index is 0.322. The normalized spacial score (nSPS) is 13.3. The quantitative estimate of drug-likeness (QED) is 0.784. The van der Waals surface area contributed by atoms with E-state index < -0.39 is 0 Å². The summed E-state index contributed by atoms with van der Waals surface area (Å²) >= 11 is 0. The Hall–Kier alpha value is -2.49. The number of rotatable bonds is 2. The third-order valence-electron chi connectivity index (χ3n) is 3.42. The lowest BCUT2D eigenvalue weighted by molar-refractivity contribution is 0.0600. The number of nitrogens with zero attached hydrogens (tertiary/aromatic N) is 2. The molecule has 100 valence electrons. The zero-order chi connectivity index (χ0) is 13.9. The van der Waals surface area contributed by atoms with Crippen LogP contribution in [0.15, 0.2) is 42.9 Å². The summed E-state index contributed by atoms with van der Waals surface area (Å²) in [5.74, 6) is -0.322. The van der Waals surface area contributed by atoms with Crippen molar-refractivity contribution in [1.29, 1.82) is 0 Å². The van der Waals surface area contributed by atoms with Gasteiger partial charge < -0.3 is 4.74 Å². The van der Waals surface area contributed by atoms with Gasteiger partial charge in [0.1, 0.15) is 0 Å². The summed E-state index contributed by atoms with van der Waals surface area (Å²) in [6.07, 6.45) is 9.16. The van der Waals surface area contributed by atoms with Crippen LogP contribution in [0.5, 0.6) is 0 Å². The van der Waals surface area contributed by atoms with Crippen LogP contribution in [0.3, 0.4) is 0 Å². The summed E-state index contributed by atoms with van der Waals surface area (Å²) in [5.41, 5.74) is 4.68. The molecule has 1 aliphatic carbocycles. The molecule has 4 heteroatoms. The number of carbonyl (C=O) groups excluding carboxylic acids is 1. The van der Waals surface area contributed by atoms with Gasteiger partial charge in [-0.3, -0.25) is 9.97 Å². The predicted octanol–water partition coefficient (Wildman–Crippen LogP) is 2.64. The average molecular weight is 266 g/mol. The Balaban J connectivity index is 2.09. The van der Waals surface area contributed by atoms with Gasteiger partial charge in [0.15, 0.2) is 0 Å². The Kier molecular flexibility index (Phi) is 3.29. The molecular weight excluding hydrogens is 252 g/mol. The second-order valence-electron chi connectivity index (χ2n) is 4.61. The first kappa shape index (κ1) is 12.5. The molecule has 0 atom stereocenters. The van der Waals surface area contributed by atoms with E-state index in [9.17, 15) is 4.79 Å². The predicted molar refractivity (Wildman–Crippen MR) is 75.2 cm³/mol. The Morgan fingerprint density at radius 3 is 2.95 bits per heavy atom. The topological polar surface area (TPSA) is 52.1 Å². The molecule has 0 spiro atoms. The molecule has 0 radical (unpaired) electrons. The first-order valence-electron chi connectivity index (χ1n) is 6.48. The zero-order valence-electron chi connectivity index (χ0n) is 11.2. The second-order valence-corrected chi connectivity index (χ2v) is 4.61. The van der Waals surface area contributed by atoms with Crippen molar-refractivity contribution < 1.29 is 9.53 Å². The van der Waals surface area contributed by atoms with Gasteiger partial charge in [0.25, 0.3) is 0 Å². The fourth-order valence-electron chi connectivity index (χ4n) is 2.45. The molecule has 1 aliphatic rings. The summed E-state index contributed by atoms with van der Waals surface area (Å²) in [6.45, 7) is 0. The Morgan fingerprint density at radius 2 is 2.20 bits per heavy atom. The molecule has 0 saturated heterocycles. The van der Waals surface area contributed by atoms with Gasteiger partial charge in [0, 0.05) is 18.0 Å². The molecule has 4 nitrogen and oxygen atoms in total. The fourth-order valence-corrected chi connectivity index (χ4v) is 2.45. The standard InChI is InChI=1S/C16H14N2O2/c1-20-16(19)12-6-5-11-3-2-4-13(14(11)9-12)15-10-17-7-8-18-15/h4-10H,2-3H2,1H3. The lowest BCUT2D eigenvalue weighted by atomic mass is 9.88. The second kappa shape index (κ2) is 5.25. The molecule has 0 amide bonds. The maximum atomic E-state index is 11.7. The van der Waals surface area contributed by atoms with E-state index in [0.29, 0.717) is 5.56 Å². The molecule has 0 bridgehead atoms. The van der Waals surface area contributed by atoms with Crippen LogP contribution in [0.25, 0.3) is 5.57 Å². The molecule has 0 aliphatic heterocycles. The van der Waals surface area contributed by atoms with E-state index in [0.717, 1.165) is 29.7 Å². The van der Waals surface area contributed by atoms with Crippen LogP contribution in [0.1, 0.15) is 33.6 Å². The number of aryl methyl sites for hydroxylation is 1. The van der Waals surface area contributed by atoms with Gasteiger partial charge in [-0.15, -0.1) is 0 Å². The molecule has 1 aromatic carbocycles. The van der Waals surface area contributed by atoms with Crippen LogP contribution in [0.2, 0.25) is 0 Å². The molecule has 0 saturated carbocycles. The van der Waals surface area contributed by atoms with Gasteiger partial charge in [-0.1, -0.05) is 12.1 Å². The van der Waals surface area contributed by atoms with Crippen molar-refractivity contribution in [2.45, 2.75) is 12.8 Å². The maximum Gasteiger partial charge on any atom is 0.337 e. The number of allylic oxidation sites excluding steroid dienone is 1. The van der Waals surface area contributed by atoms with Gasteiger partial charge in [0.2, 0.25) is 0 Å². The number of hydrogen-bond donors (Lipinski definition) is 0. The van der Waals surface area contributed by atoms with Crippen molar-refractivity contribution in [3.63, 3.8) is 0 Å². The average Bonchev–Trinajstić information content (AvgIpc) is 2.54. The zero-order valence-corrected chi connectivity index (χ0v) is 11.2. The molecule has 0 unspecified atom stereocenters. The summed E-state index contributed by atoms with van der Waals surface area (Å²) in [5, 5.41) is 0. The van der Waals surface area contributed by atoms with Crippen molar-refractivity contribution in [3.05, 3.63) is 65.2 Å². The van der Waals surface area contributed by atoms with Crippen LogP contribution in [0, 0.1) is 0 Å². The van der Waals surface area contributed by atoms with E-state index in [1.807, 2.05) is 18.2 Å². The van der Waals surface area contributed by atoms with Crippen molar-refractivity contribution in [2.75, 3.05) is 7.11 Å². The number of carbonyl (C=O) groups is 1. The van der Waals surface area contributed by atoms with Crippen molar-refractivity contribution in [2.24, 2.45) is 0 Å². The number of fused-ring (bicyclic) bond motifs is 1. The molecule has 1 aromatic heterocycles. The monoisotopic (exact) mass is 266 g/mol. The number of aromatic nitrogens is 2. The smallest absolute Gasteiger partial charge is 0.337 e. The van der Waals surface area contributed by atoms with Crippen LogP contribution in [-0.4, -0.2) is 23.0 Å². The van der Waals surface area contributed by atoms with Crippen molar-refractivity contribution >= 4 is 11.5 Å². The maximum absolute atomic E-state index is 11.7. The number of methoxy groups -OCH3 is 1. The molecular formula is C16H14N2O2. The van der Waals surface area contributed by atoms with E-state index in [2.05, 4.69) is 16.0 Å². The Morgan fingerprint density at radius 1 is 1.30 bits per heavy atom. The number of ether oxygens (including phenoxy) is 1. The molecule has 1 heterocycles. The van der Waals surface area contributed by atoms with Gasteiger partial charge in [-0.05, 0) is 36.1 Å². The molecule has 0 fully saturated rings. The van der Waals surface area contributed by atoms with Gasteiger partial charge in [0.05, 0.1) is 24.6 Å². The highest BCUT2D eigenvalue weighted by atomic mass is 16.5. The first-order chi connectivity index (χ1) is 9.79. The van der Waals surface area contributed by atoms with Gasteiger partial charge in [-0.25, -0.2) is 4.79 Å². The van der Waals surface area contributed by atoms with E-state index in [1.165, 1.54) is 12.7 Å². The lowest BCUT2D eigenvalue weighted by Gasteiger charge is -2.18. The van der Waals surface area contributed by atoms with Crippen LogP contribution in [-0.2, 0) is 11.2 Å². The molecule has 2 aromatic rings. The van der Waals surface area contributed by atoms with Crippen LogP contribution >= 0.6 is 0 Å².